The summed E-state index contributed by atoms with van der Waals surface area (Å²) in [7, 11) is 0. The molecule has 0 bridgehead atoms. The van der Waals surface area contributed by atoms with Gasteiger partial charge in [-0.15, -0.1) is 0 Å². The second-order valence-corrected chi connectivity index (χ2v) is 9.17. The highest BCUT2D eigenvalue weighted by molar-refractivity contribution is 5.69. The van der Waals surface area contributed by atoms with Gasteiger partial charge in [-0.1, -0.05) is 38.5 Å². The Morgan fingerprint density at radius 1 is 0.500 bits per heavy atom. The largest absolute Gasteiger partial charge is 0.445 e. The van der Waals surface area contributed by atoms with Gasteiger partial charge >= 0.3 is 18.3 Å². The molecule has 0 radical (unpaired) electrons. The van der Waals surface area contributed by atoms with E-state index in [1.54, 1.807) is 0 Å². The first kappa shape index (κ1) is 37.9. The molecule has 0 atom stereocenters. The van der Waals surface area contributed by atoms with Gasteiger partial charge in [-0.25, -0.2) is 43.7 Å². The summed E-state index contributed by atoms with van der Waals surface area (Å²) in [6.45, 7) is 1.77. The van der Waals surface area contributed by atoms with Crippen LogP contribution in [0.2, 0.25) is 0 Å². The minimum atomic E-state index is -1.03. The predicted octanol–water partition coefficient (Wildman–Crippen LogP) is 3.22. The first-order chi connectivity index (χ1) is 20.5. The van der Waals surface area contributed by atoms with E-state index in [-0.39, 0.29) is 13.2 Å². The standard InChI is InChI=1S/C27H44N6O9/c34-21-28-13-7-1-4-10-16-31-25(37)40-19-24(42-27(39)33-18-12-6-3-9-15-30-23-36)20-41-26(38)32-17-11-5-2-8-14-29-22-35/h24H,1-20H2,(H,31,37)(H,32,38)(H,33,39). The highest BCUT2D eigenvalue weighted by Crippen LogP contribution is 2.03. The summed E-state index contributed by atoms with van der Waals surface area (Å²) < 4.78 is 15.6. The summed E-state index contributed by atoms with van der Waals surface area (Å²) >= 11 is 0. The van der Waals surface area contributed by atoms with Gasteiger partial charge in [0.25, 0.3) is 0 Å². The van der Waals surface area contributed by atoms with Crippen molar-refractivity contribution < 1.29 is 43.0 Å². The zero-order valence-corrected chi connectivity index (χ0v) is 24.2. The molecule has 0 aliphatic heterocycles. The van der Waals surface area contributed by atoms with Crippen LogP contribution in [0.3, 0.4) is 0 Å². The third kappa shape index (κ3) is 27.5. The van der Waals surface area contributed by atoms with Crippen LogP contribution in [-0.2, 0) is 28.6 Å². The van der Waals surface area contributed by atoms with Crippen molar-refractivity contribution in [3.8, 4) is 0 Å². The number of hydrogen-bond acceptors (Lipinski definition) is 12. The molecule has 0 saturated heterocycles. The fourth-order valence-electron chi connectivity index (χ4n) is 3.47. The topological polar surface area (TPSA) is 203 Å². The summed E-state index contributed by atoms with van der Waals surface area (Å²) in [5.41, 5.74) is 0. The lowest BCUT2D eigenvalue weighted by Gasteiger charge is -2.18. The molecule has 0 aromatic carbocycles. The Balaban J connectivity index is 4.42. The van der Waals surface area contributed by atoms with Crippen LogP contribution in [0.1, 0.15) is 77.0 Å². The second-order valence-electron chi connectivity index (χ2n) is 9.17. The van der Waals surface area contributed by atoms with Gasteiger partial charge in [-0.3, -0.25) is 0 Å². The molecule has 236 valence electrons. The number of carbonyl (C=O) groups is 3. The zero-order valence-electron chi connectivity index (χ0n) is 24.2. The van der Waals surface area contributed by atoms with Crippen molar-refractivity contribution in [3.63, 3.8) is 0 Å². The molecule has 0 aliphatic rings. The molecule has 0 spiro atoms. The van der Waals surface area contributed by atoms with Crippen LogP contribution in [0.5, 0.6) is 0 Å². The minimum Gasteiger partial charge on any atom is -0.445 e. The Hall–Kier alpha value is -4.05. The van der Waals surface area contributed by atoms with E-state index in [4.69, 9.17) is 14.2 Å². The van der Waals surface area contributed by atoms with E-state index in [0.717, 1.165) is 57.8 Å². The van der Waals surface area contributed by atoms with Crippen LogP contribution >= 0.6 is 0 Å². The van der Waals surface area contributed by atoms with Crippen LogP contribution in [-0.4, -0.2) is 95.1 Å². The number of unbranched alkanes of at least 4 members (excludes halogenated alkanes) is 9. The first-order valence-corrected chi connectivity index (χ1v) is 14.4. The first-order valence-electron chi connectivity index (χ1n) is 14.4. The van der Waals surface area contributed by atoms with Crippen LogP contribution in [0.25, 0.3) is 0 Å². The number of hydrogen-bond donors (Lipinski definition) is 3. The van der Waals surface area contributed by atoms with Gasteiger partial charge in [0, 0.05) is 19.6 Å². The molecule has 3 N–H and O–H groups in total. The number of isocyanates is 3. The maximum atomic E-state index is 12.2. The normalized spacial score (nSPS) is 10.6. The fraction of sp³-hybridized carbons (Fsp3) is 0.778. The number of nitrogens with zero attached hydrogens (tertiary/aromatic N) is 3. The molecule has 0 heterocycles. The van der Waals surface area contributed by atoms with Crippen molar-refractivity contribution in [1.82, 2.24) is 16.0 Å². The van der Waals surface area contributed by atoms with E-state index < -0.39 is 24.4 Å². The lowest BCUT2D eigenvalue weighted by molar-refractivity contribution is 0.00737. The highest BCUT2D eigenvalue weighted by atomic mass is 16.6. The minimum absolute atomic E-state index is 0.323. The Kier molecular flexibility index (Phi) is 27.0. The van der Waals surface area contributed by atoms with Crippen LogP contribution in [0.4, 0.5) is 14.4 Å². The molecule has 0 aromatic heterocycles. The summed E-state index contributed by atoms with van der Waals surface area (Å²) in [6.07, 6.45) is 10.8. The third-order valence-corrected chi connectivity index (χ3v) is 5.67. The van der Waals surface area contributed by atoms with Gasteiger partial charge in [0.15, 0.2) is 6.10 Å². The van der Waals surface area contributed by atoms with E-state index in [2.05, 4.69) is 30.9 Å². The molecule has 0 fully saturated rings. The number of ether oxygens (including phenoxy) is 3. The molecule has 0 aromatic rings. The molecular formula is C27H44N6O9. The van der Waals surface area contributed by atoms with Crippen molar-refractivity contribution >= 4 is 36.5 Å². The van der Waals surface area contributed by atoms with Crippen molar-refractivity contribution in [3.05, 3.63) is 0 Å². The average molecular weight is 597 g/mol. The molecule has 0 unspecified atom stereocenters. The van der Waals surface area contributed by atoms with Crippen molar-refractivity contribution in [2.45, 2.75) is 83.2 Å². The number of alkyl carbamates (subject to hydrolysis) is 3. The molecule has 0 aliphatic carbocycles. The number of rotatable bonds is 26. The lowest BCUT2D eigenvalue weighted by Crippen LogP contribution is -2.38. The van der Waals surface area contributed by atoms with Gasteiger partial charge in [0.2, 0.25) is 18.2 Å². The zero-order chi connectivity index (χ0) is 30.9. The van der Waals surface area contributed by atoms with E-state index in [1.807, 2.05) is 0 Å². The molecule has 42 heavy (non-hydrogen) atoms. The average Bonchev–Trinajstić information content (AvgIpc) is 2.98. The summed E-state index contributed by atoms with van der Waals surface area (Å²) in [6, 6.07) is 0. The van der Waals surface area contributed by atoms with Gasteiger partial charge in [0.05, 0.1) is 19.6 Å². The van der Waals surface area contributed by atoms with Gasteiger partial charge in [-0.2, -0.15) is 0 Å². The maximum Gasteiger partial charge on any atom is 0.407 e. The Labute approximate surface area is 246 Å². The van der Waals surface area contributed by atoms with Crippen molar-refractivity contribution in [2.24, 2.45) is 15.0 Å². The second kappa shape index (κ2) is 29.9. The number of amides is 3. The highest BCUT2D eigenvalue weighted by Gasteiger charge is 2.19. The SMILES string of the molecule is O=C=NCCCCCCNC(=O)OCC(COC(=O)NCCCCCCN=C=O)OC(=O)NCCCCCCN=C=O. The molecule has 15 nitrogen and oxygen atoms in total. The number of nitrogens with one attached hydrogen (secondary N) is 3. The van der Waals surface area contributed by atoms with E-state index in [9.17, 15) is 28.8 Å². The Bertz CT molecular complexity index is 837. The fourth-order valence-corrected chi connectivity index (χ4v) is 3.47. The quantitative estimate of drug-likeness (QED) is 0.0579. The Morgan fingerprint density at radius 2 is 0.833 bits per heavy atom. The van der Waals surface area contributed by atoms with E-state index in [1.165, 1.54) is 18.2 Å². The lowest BCUT2D eigenvalue weighted by atomic mass is 10.2. The van der Waals surface area contributed by atoms with Crippen molar-refractivity contribution in [1.29, 1.82) is 0 Å². The van der Waals surface area contributed by atoms with Crippen LogP contribution in [0.15, 0.2) is 15.0 Å². The smallest absolute Gasteiger partial charge is 0.407 e. The van der Waals surface area contributed by atoms with E-state index in [0.29, 0.717) is 58.5 Å². The molecule has 15 heteroatoms. The monoisotopic (exact) mass is 596 g/mol. The Morgan fingerprint density at radius 3 is 1.19 bits per heavy atom. The number of carbonyl (C=O) groups excluding carboxylic acids is 6. The molecular weight excluding hydrogens is 552 g/mol. The van der Waals surface area contributed by atoms with Gasteiger partial charge in [-0.05, 0) is 38.5 Å². The van der Waals surface area contributed by atoms with Gasteiger partial charge < -0.3 is 30.2 Å². The van der Waals surface area contributed by atoms with Crippen molar-refractivity contribution in [2.75, 3.05) is 52.5 Å². The molecule has 3 amide bonds. The summed E-state index contributed by atoms with van der Waals surface area (Å²) in [5, 5.41) is 7.82. The van der Waals surface area contributed by atoms with Gasteiger partial charge in [0.1, 0.15) is 13.2 Å². The third-order valence-electron chi connectivity index (χ3n) is 5.67. The molecule has 0 saturated carbocycles. The van der Waals surface area contributed by atoms with E-state index >= 15 is 0 Å². The predicted molar refractivity (Wildman–Crippen MR) is 151 cm³/mol. The summed E-state index contributed by atoms with van der Waals surface area (Å²) in [5.74, 6) is 0. The number of aliphatic imine (C=N–C) groups is 3. The summed E-state index contributed by atoms with van der Waals surface area (Å²) in [4.78, 5) is 76.9. The molecule has 0 rings (SSSR count). The van der Waals surface area contributed by atoms with Crippen LogP contribution < -0.4 is 16.0 Å². The maximum absolute atomic E-state index is 12.2. The van der Waals surface area contributed by atoms with Crippen LogP contribution in [0, 0.1) is 0 Å².